The molecule has 0 N–H and O–H groups in total. The van der Waals surface area contributed by atoms with Gasteiger partial charge < -0.3 is 38.4 Å². The molecule has 0 aromatic carbocycles. The molecule has 0 amide bonds. The highest BCUT2D eigenvalue weighted by Crippen LogP contribution is 2.42. The standard InChI is InChI=1S/C30H29N7O2.C29H29N9O.C29H28N8O2/c1-38-29-5-2-20(13-33-29)16-36-25-11-26(36)19-35(18-25)28-4-3-22(14-32-28)27-10-23(21-6-8-39-9-7-21)17-37-30(27)24(12-31)15-34-37;1-35-6-5-20(15-35)21-7-25(29-22(9-30)11-34-38(29)16-21)26-12-32-27(13-31-26)36-17-23-8-24(18-36)37(23)14-19-3-4-28(39-2)33-10-19;1-38-28-3-2-19(11-33-28)15-36-23-9-24(36)18-35(17-23)27-14-31-26(13-32-27)25-8-21(20-4-6-39-7-5-20)16-37-29(25)22(10-30)12-34-37/h2-6,10,13-15,17,25-26H,7-9,11,16,18-19H2,1H3;3-5,7,10-13,16,23-24H,6,8,14-15,17-18H2,1-2H3;2-4,8,11-14,16,23-24H,5-7,9,15,17-18H2,1H3. The number of anilines is 3. The van der Waals surface area contributed by atoms with E-state index in [1.807, 2.05) is 90.9 Å². The molecule has 9 saturated heterocycles. The lowest BCUT2D eigenvalue weighted by Gasteiger charge is -2.56. The van der Waals surface area contributed by atoms with Crippen LogP contribution in [0.5, 0.6) is 17.6 Å². The van der Waals surface area contributed by atoms with Gasteiger partial charge in [-0.2, -0.15) is 31.1 Å². The fourth-order valence-electron chi connectivity index (χ4n) is 18.1. The van der Waals surface area contributed by atoms with Crippen molar-refractivity contribution in [1.29, 1.82) is 15.8 Å². The first-order chi connectivity index (χ1) is 57.5. The van der Waals surface area contributed by atoms with Crippen LogP contribution >= 0.6 is 0 Å². The van der Waals surface area contributed by atoms with Crippen molar-refractivity contribution in [3.8, 4) is 69.5 Å². The third-order valence-electron chi connectivity index (χ3n) is 24.3. The van der Waals surface area contributed by atoms with Crippen molar-refractivity contribution in [2.24, 2.45) is 0 Å². The number of piperidine rings is 3. The Bertz CT molecular complexity index is 5650. The van der Waals surface area contributed by atoms with Crippen LogP contribution in [-0.2, 0) is 29.1 Å². The Labute approximate surface area is 676 Å². The minimum atomic E-state index is 0.487. The molecule has 0 aliphatic carbocycles. The van der Waals surface area contributed by atoms with Crippen molar-refractivity contribution in [1.82, 2.24) is 88.3 Å². The van der Waals surface area contributed by atoms with Gasteiger partial charge >= 0.3 is 0 Å². The lowest BCUT2D eigenvalue weighted by molar-refractivity contribution is -0.00881. The summed E-state index contributed by atoms with van der Waals surface area (Å²) >= 11 is 0. The maximum absolute atomic E-state index is 9.73. The number of nitriles is 3. The smallest absolute Gasteiger partial charge is 0.212 e. The van der Waals surface area contributed by atoms with Crippen molar-refractivity contribution in [2.75, 3.05) is 122 Å². The van der Waals surface area contributed by atoms with Gasteiger partial charge in [0.15, 0.2) is 0 Å². The maximum Gasteiger partial charge on any atom is 0.212 e. The number of hydrogen-bond acceptors (Lipinski definition) is 26. The number of fused-ring (bicyclic) bond motifs is 9. The normalized spacial score (nSPS) is 20.9. The highest BCUT2D eigenvalue weighted by Gasteiger charge is 2.47. The number of ether oxygens (including phenoxy) is 5. The number of likely N-dealkylation sites (N-methyl/N-ethyl adjacent to an activating group) is 1. The molecule has 0 saturated carbocycles. The lowest BCUT2D eigenvalue weighted by Crippen LogP contribution is -2.68. The van der Waals surface area contributed by atoms with Crippen LogP contribution in [-0.4, -0.2) is 232 Å². The average molecular weight is 1560 g/mol. The zero-order chi connectivity index (χ0) is 79.2. The van der Waals surface area contributed by atoms with Gasteiger partial charge in [-0.05, 0) is 120 Å². The number of methoxy groups -OCH3 is 3. The summed E-state index contributed by atoms with van der Waals surface area (Å²) < 4.78 is 31.9. The molecule has 24 heterocycles. The van der Waals surface area contributed by atoms with Gasteiger partial charge in [-0.15, -0.1) is 0 Å². The summed E-state index contributed by atoms with van der Waals surface area (Å²) in [6.07, 6.45) is 37.7. The van der Waals surface area contributed by atoms with Crippen LogP contribution in [0.2, 0.25) is 0 Å². The molecule has 9 fully saturated rings. The number of aromatic nitrogens is 14. The Kier molecular flexibility index (Phi) is 20.3. The third kappa shape index (κ3) is 14.8. The summed E-state index contributed by atoms with van der Waals surface area (Å²) in [7, 11) is 7.02. The fourth-order valence-corrected chi connectivity index (χ4v) is 18.1. The molecule has 12 aliphatic heterocycles. The van der Waals surface area contributed by atoms with Crippen molar-refractivity contribution in [2.45, 2.75) is 88.0 Å². The number of pyridine rings is 7. The van der Waals surface area contributed by atoms with Gasteiger partial charge in [0.25, 0.3) is 0 Å². The Morgan fingerprint density at radius 3 is 1.13 bits per heavy atom. The van der Waals surface area contributed by atoms with Crippen LogP contribution in [0.15, 0.2) is 172 Å². The molecular weight excluding hydrogens is 1470 g/mol. The van der Waals surface area contributed by atoms with Crippen molar-refractivity contribution >= 4 is 50.7 Å². The second-order valence-corrected chi connectivity index (χ2v) is 31.3. The van der Waals surface area contributed by atoms with Gasteiger partial charge in [0.05, 0.1) is 136 Å². The van der Waals surface area contributed by atoms with Gasteiger partial charge in [-0.3, -0.25) is 29.6 Å². The van der Waals surface area contributed by atoms with Gasteiger partial charge in [0.2, 0.25) is 17.6 Å². The van der Waals surface area contributed by atoms with Crippen LogP contribution in [0.1, 0.15) is 82.2 Å². The third-order valence-corrected chi connectivity index (χ3v) is 24.3. The van der Waals surface area contributed by atoms with Crippen molar-refractivity contribution < 1.29 is 23.7 Å². The van der Waals surface area contributed by atoms with E-state index in [2.05, 4.69) is 157 Å². The Balaban J connectivity index is 0.000000117. The van der Waals surface area contributed by atoms with Gasteiger partial charge in [-0.1, -0.05) is 36.4 Å². The van der Waals surface area contributed by atoms with Gasteiger partial charge in [-0.25, -0.2) is 43.5 Å². The molecular formula is C88H86N24O5. The average Bonchev–Trinajstić information content (AvgIpc) is 1.75. The van der Waals surface area contributed by atoms with E-state index in [0.717, 1.165) is 169 Å². The first-order valence-corrected chi connectivity index (χ1v) is 39.8. The molecule has 0 radical (unpaired) electrons. The predicted octanol–water partition coefficient (Wildman–Crippen LogP) is 10.1. The Hall–Kier alpha value is -12.9. The molecule has 0 spiro atoms. The molecule has 12 aromatic rings. The van der Waals surface area contributed by atoms with Gasteiger partial charge in [0.1, 0.15) is 35.7 Å². The molecule has 29 heteroatoms. The molecule has 6 unspecified atom stereocenters. The molecule has 6 atom stereocenters. The number of nitrogens with zero attached hydrogens (tertiary/aromatic N) is 24. The van der Waals surface area contributed by atoms with E-state index in [9.17, 15) is 15.8 Å². The first kappa shape index (κ1) is 74.2. The van der Waals surface area contributed by atoms with E-state index in [-0.39, 0.29) is 0 Å². The largest absolute Gasteiger partial charge is 0.481 e. The van der Waals surface area contributed by atoms with Gasteiger partial charge in [0, 0.05) is 192 Å². The van der Waals surface area contributed by atoms with E-state index < -0.39 is 0 Å². The van der Waals surface area contributed by atoms with Crippen molar-refractivity contribution in [3.05, 3.63) is 222 Å². The maximum atomic E-state index is 9.73. The van der Waals surface area contributed by atoms with Crippen LogP contribution in [0.25, 0.3) is 66.9 Å². The minimum absolute atomic E-state index is 0.487. The highest BCUT2D eigenvalue weighted by molar-refractivity contribution is 5.89. The van der Waals surface area contributed by atoms with E-state index in [0.29, 0.717) is 97.0 Å². The van der Waals surface area contributed by atoms with Crippen LogP contribution in [0.3, 0.4) is 0 Å². The van der Waals surface area contributed by atoms with E-state index >= 15 is 0 Å². The second kappa shape index (κ2) is 32.0. The monoisotopic (exact) mass is 1560 g/mol. The highest BCUT2D eigenvalue weighted by atomic mass is 16.5. The number of hydrogen-bond donors (Lipinski definition) is 0. The van der Waals surface area contributed by atoms with E-state index in [1.165, 1.54) is 52.7 Å². The Morgan fingerprint density at radius 1 is 0.402 bits per heavy atom. The molecule has 588 valence electrons. The molecule has 12 aromatic heterocycles. The molecule has 6 bridgehead atoms. The molecule has 12 aliphatic rings. The fraction of sp³-hybridized carbons (Fsp3) is 0.341. The summed E-state index contributed by atoms with van der Waals surface area (Å²) in [6, 6.07) is 32.5. The summed E-state index contributed by atoms with van der Waals surface area (Å²) in [5, 5.41) is 42.5. The van der Waals surface area contributed by atoms with Crippen molar-refractivity contribution in [3.63, 3.8) is 0 Å². The lowest BCUT2D eigenvalue weighted by atomic mass is 9.87. The topological polar surface area (TPSA) is 295 Å². The summed E-state index contributed by atoms with van der Waals surface area (Å²) in [4.78, 5) is 54.3. The Morgan fingerprint density at radius 2 is 0.795 bits per heavy atom. The predicted molar refractivity (Wildman–Crippen MR) is 440 cm³/mol. The summed E-state index contributed by atoms with van der Waals surface area (Å²) in [5.74, 6) is 4.69. The van der Waals surface area contributed by atoms with Crippen LogP contribution in [0.4, 0.5) is 17.5 Å². The van der Waals surface area contributed by atoms with Crippen LogP contribution in [0, 0.1) is 34.0 Å². The van der Waals surface area contributed by atoms with E-state index in [4.69, 9.17) is 48.6 Å². The molecule has 29 nitrogen and oxygen atoms in total. The number of rotatable bonds is 18. The zero-order valence-corrected chi connectivity index (χ0v) is 65.5. The molecule has 24 rings (SSSR count). The SMILES string of the molecule is COc1ccc(CN2C3CC2CN(c2ccc(-c4cc(C5=CCOCC5)cn5ncc(C#N)c45)cn2)C3)cn1.COc1ccc(CN2C3CC2CN(c2cnc(-c4cc(C5=CCN(C)C5)cn5ncc(C#N)c45)cn2)C3)cn1.COc1ccc(CN2C3CC2CN(c2cnc(-c4cc(C5=CCOCC5)cn5ncc(C#N)c45)cn2)C3)cn1. The quantitative estimate of drug-likeness (QED) is 0.0771. The molecule has 117 heavy (non-hydrogen) atoms. The summed E-state index contributed by atoms with van der Waals surface area (Å²) in [5.41, 5.74) is 19.6. The second-order valence-electron chi connectivity index (χ2n) is 31.3. The zero-order valence-electron chi connectivity index (χ0n) is 65.5. The van der Waals surface area contributed by atoms with Crippen LogP contribution < -0.4 is 28.9 Å². The first-order valence-electron chi connectivity index (χ1n) is 39.8. The summed E-state index contributed by atoms with van der Waals surface area (Å²) in [6.45, 7) is 12.8. The number of piperazine rings is 3. The minimum Gasteiger partial charge on any atom is -0.481 e. The van der Waals surface area contributed by atoms with E-state index in [1.54, 1.807) is 49.0 Å².